The molecule has 6 heteroatoms. The van der Waals surface area contributed by atoms with E-state index in [4.69, 9.17) is 27.9 Å². The molecule has 0 spiro atoms. The first-order valence-electron chi connectivity index (χ1n) is 9.36. The van der Waals surface area contributed by atoms with E-state index in [0.29, 0.717) is 22.3 Å². The van der Waals surface area contributed by atoms with Crippen molar-refractivity contribution >= 4 is 40.5 Å². The van der Waals surface area contributed by atoms with Gasteiger partial charge >= 0.3 is 0 Å². The van der Waals surface area contributed by atoms with E-state index in [1.807, 2.05) is 42.5 Å². The van der Waals surface area contributed by atoms with Gasteiger partial charge in [0.25, 0.3) is 0 Å². The molecule has 0 bridgehead atoms. The van der Waals surface area contributed by atoms with Crippen LogP contribution in [-0.4, -0.2) is 19.1 Å². The number of nitrogens with one attached hydrogen (secondary N) is 2. The van der Waals surface area contributed by atoms with Gasteiger partial charge in [0.1, 0.15) is 5.75 Å². The van der Waals surface area contributed by atoms with Crippen molar-refractivity contribution < 1.29 is 9.53 Å². The number of aryl methyl sites for hydroxylation is 1. The lowest BCUT2D eigenvalue weighted by molar-refractivity contribution is -0.114. The fourth-order valence-corrected chi connectivity index (χ4v) is 3.23. The zero-order valence-corrected chi connectivity index (χ0v) is 17.3. The molecule has 0 heterocycles. The van der Waals surface area contributed by atoms with Crippen LogP contribution in [0.15, 0.2) is 72.8 Å². The fourth-order valence-electron chi connectivity index (χ4n) is 2.77. The van der Waals surface area contributed by atoms with Crippen molar-refractivity contribution in [3.8, 4) is 5.75 Å². The maximum atomic E-state index is 12.2. The highest BCUT2D eigenvalue weighted by Gasteiger charge is 2.07. The van der Waals surface area contributed by atoms with Crippen LogP contribution >= 0.6 is 23.2 Å². The summed E-state index contributed by atoms with van der Waals surface area (Å²) in [5.74, 6) is 0.563. The Hall–Kier alpha value is -2.69. The molecule has 150 valence electrons. The summed E-state index contributed by atoms with van der Waals surface area (Å²) in [6, 6.07) is 22.8. The molecule has 3 rings (SSSR count). The van der Waals surface area contributed by atoms with Gasteiger partial charge in [-0.25, -0.2) is 0 Å². The van der Waals surface area contributed by atoms with Crippen LogP contribution in [0, 0.1) is 0 Å². The molecule has 4 nitrogen and oxygen atoms in total. The second-order valence-corrected chi connectivity index (χ2v) is 7.33. The van der Waals surface area contributed by atoms with Crippen LogP contribution < -0.4 is 15.4 Å². The van der Waals surface area contributed by atoms with Crippen molar-refractivity contribution in [1.82, 2.24) is 0 Å². The van der Waals surface area contributed by atoms with Crippen LogP contribution in [0.1, 0.15) is 12.0 Å². The Balaban J connectivity index is 1.43. The van der Waals surface area contributed by atoms with Crippen LogP contribution in [0.3, 0.4) is 0 Å². The first kappa shape index (κ1) is 21.0. The molecular weight excluding hydrogens is 407 g/mol. The highest BCUT2D eigenvalue weighted by molar-refractivity contribution is 6.36. The van der Waals surface area contributed by atoms with Gasteiger partial charge in [0.05, 0.1) is 23.9 Å². The van der Waals surface area contributed by atoms with Crippen LogP contribution in [0.5, 0.6) is 5.75 Å². The molecule has 0 saturated heterocycles. The number of ether oxygens (including phenoxy) is 1. The zero-order chi connectivity index (χ0) is 20.5. The molecule has 0 unspecified atom stereocenters. The smallest absolute Gasteiger partial charge is 0.243 e. The molecule has 3 aromatic rings. The van der Waals surface area contributed by atoms with E-state index in [9.17, 15) is 4.79 Å². The average molecular weight is 429 g/mol. The Labute approximate surface area is 180 Å². The summed E-state index contributed by atoms with van der Waals surface area (Å²) in [6.45, 7) is 0.740. The van der Waals surface area contributed by atoms with Crippen molar-refractivity contribution in [3.05, 3.63) is 88.4 Å². The van der Waals surface area contributed by atoms with Crippen molar-refractivity contribution in [2.45, 2.75) is 12.8 Å². The van der Waals surface area contributed by atoms with E-state index in [2.05, 4.69) is 22.8 Å². The van der Waals surface area contributed by atoms with Gasteiger partial charge in [-0.3, -0.25) is 4.79 Å². The molecule has 0 aromatic heterocycles. The summed E-state index contributed by atoms with van der Waals surface area (Å²) < 4.78 is 5.83. The summed E-state index contributed by atoms with van der Waals surface area (Å²) in [5.41, 5.74) is 2.64. The van der Waals surface area contributed by atoms with E-state index in [0.717, 1.165) is 24.3 Å². The van der Waals surface area contributed by atoms with E-state index < -0.39 is 0 Å². The number of anilines is 2. The monoisotopic (exact) mass is 428 g/mol. The first-order chi connectivity index (χ1) is 14.1. The van der Waals surface area contributed by atoms with Gasteiger partial charge in [-0.05, 0) is 48.7 Å². The summed E-state index contributed by atoms with van der Waals surface area (Å²) in [4.78, 5) is 12.2. The van der Waals surface area contributed by atoms with Crippen molar-refractivity contribution in [2.24, 2.45) is 0 Å². The lowest BCUT2D eigenvalue weighted by Crippen LogP contribution is -2.21. The third-order valence-electron chi connectivity index (χ3n) is 4.21. The average Bonchev–Trinajstić information content (AvgIpc) is 2.73. The van der Waals surface area contributed by atoms with E-state index in [1.54, 1.807) is 18.2 Å². The summed E-state index contributed by atoms with van der Waals surface area (Å²) in [7, 11) is 0. The Kier molecular flexibility index (Phi) is 7.79. The topological polar surface area (TPSA) is 50.4 Å². The van der Waals surface area contributed by atoms with Gasteiger partial charge in [-0.15, -0.1) is 0 Å². The van der Waals surface area contributed by atoms with Crippen LogP contribution in [0.4, 0.5) is 11.4 Å². The van der Waals surface area contributed by atoms with E-state index >= 15 is 0 Å². The summed E-state index contributed by atoms with van der Waals surface area (Å²) in [5, 5.41) is 6.77. The minimum atomic E-state index is -0.205. The molecule has 0 fully saturated rings. The molecule has 0 radical (unpaired) electrons. The van der Waals surface area contributed by atoms with Gasteiger partial charge in [0, 0.05) is 16.8 Å². The first-order valence-corrected chi connectivity index (χ1v) is 10.1. The normalized spacial score (nSPS) is 10.4. The molecule has 29 heavy (non-hydrogen) atoms. The number of amides is 1. The van der Waals surface area contributed by atoms with Crippen LogP contribution in [0.2, 0.25) is 10.0 Å². The second-order valence-electron chi connectivity index (χ2n) is 6.49. The number of benzene rings is 3. The number of carbonyl (C=O) groups excluding carboxylic acids is 1. The van der Waals surface area contributed by atoms with Crippen molar-refractivity contribution in [2.75, 3.05) is 23.8 Å². The maximum Gasteiger partial charge on any atom is 0.243 e. The van der Waals surface area contributed by atoms with Crippen LogP contribution in [-0.2, 0) is 11.2 Å². The number of rotatable bonds is 9. The summed E-state index contributed by atoms with van der Waals surface area (Å²) in [6.07, 6.45) is 1.91. The Morgan fingerprint density at radius 2 is 1.76 bits per heavy atom. The standard InChI is InChI=1S/C23H22Cl2N2O2/c24-18-11-12-22(21(25)14-18)27-23(28)16-26-19-9-4-10-20(15-19)29-13-5-8-17-6-2-1-3-7-17/h1-4,6-7,9-12,14-15,26H,5,8,13,16H2,(H,27,28). The Morgan fingerprint density at radius 3 is 2.55 bits per heavy atom. The minimum absolute atomic E-state index is 0.108. The Bertz CT molecular complexity index is 949. The maximum absolute atomic E-state index is 12.2. The predicted octanol–water partition coefficient (Wildman–Crippen LogP) is 6.06. The molecule has 3 aromatic carbocycles. The number of halogens is 2. The van der Waals surface area contributed by atoms with Gasteiger partial charge < -0.3 is 15.4 Å². The van der Waals surface area contributed by atoms with Gasteiger partial charge in [-0.2, -0.15) is 0 Å². The molecule has 0 saturated carbocycles. The SMILES string of the molecule is O=C(CNc1cccc(OCCCc2ccccc2)c1)Nc1ccc(Cl)cc1Cl. The molecule has 0 aliphatic rings. The minimum Gasteiger partial charge on any atom is -0.494 e. The fraction of sp³-hybridized carbons (Fsp3) is 0.174. The summed E-state index contributed by atoms with van der Waals surface area (Å²) >= 11 is 11.9. The lowest BCUT2D eigenvalue weighted by Gasteiger charge is -2.11. The number of hydrogen-bond acceptors (Lipinski definition) is 3. The van der Waals surface area contributed by atoms with E-state index in [-0.39, 0.29) is 12.5 Å². The molecular formula is C23H22Cl2N2O2. The lowest BCUT2D eigenvalue weighted by atomic mass is 10.1. The largest absolute Gasteiger partial charge is 0.494 e. The third-order valence-corrected chi connectivity index (χ3v) is 4.76. The van der Waals surface area contributed by atoms with Gasteiger partial charge in [0.2, 0.25) is 5.91 Å². The van der Waals surface area contributed by atoms with Crippen LogP contribution in [0.25, 0.3) is 0 Å². The predicted molar refractivity (Wildman–Crippen MR) is 120 cm³/mol. The van der Waals surface area contributed by atoms with E-state index in [1.165, 1.54) is 5.56 Å². The van der Waals surface area contributed by atoms with Crippen molar-refractivity contribution in [1.29, 1.82) is 0 Å². The molecule has 2 N–H and O–H groups in total. The Morgan fingerprint density at radius 1 is 0.931 bits per heavy atom. The second kappa shape index (κ2) is 10.7. The number of carbonyl (C=O) groups is 1. The van der Waals surface area contributed by atoms with Gasteiger partial charge in [-0.1, -0.05) is 59.6 Å². The third kappa shape index (κ3) is 7.00. The quantitative estimate of drug-likeness (QED) is 0.407. The molecule has 1 amide bonds. The van der Waals surface area contributed by atoms with Crippen molar-refractivity contribution in [3.63, 3.8) is 0 Å². The zero-order valence-electron chi connectivity index (χ0n) is 15.8. The molecule has 0 aliphatic carbocycles. The molecule has 0 atom stereocenters. The highest BCUT2D eigenvalue weighted by Crippen LogP contribution is 2.25. The molecule has 0 aliphatic heterocycles. The number of hydrogen-bond donors (Lipinski definition) is 2. The highest BCUT2D eigenvalue weighted by atomic mass is 35.5. The van der Waals surface area contributed by atoms with Gasteiger partial charge in [0.15, 0.2) is 0 Å².